The average molecular weight is 972 g/mol. The van der Waals surface area contributed by atoms with E-state index >= 15 is 0 Å². The fourth-order valence-corrected chi connectivity index (χ4v) is 10.3. The maximum atomic E-state index is 13.8. The Bertz CT molecular complexity index is 2420. The van der Waals surface area contributed by atoms with E-state index in [2.05, 4.69) is 43.8 Å². The van der Waals surface area contributed by atoms with Gasteiger partial charge in [-0.25, -0.2) is 14.8 Å². The van der Waals surface area contributed by atoms with E-state index in [1.165, 1.54) is 50.2 Å². The van der Waals surface area contributed by atoms with E-state index in [-0.39, 0.29) is 23.8 Å². The lowest BCUT2D eigenvalue weighted by molar-refractivity contribution is -0.145. The van der Waals surface area contributed by atoms with Gasteiger partial charge in [0, 0.05) is 18.7 Å². The summed E-state index contributed by atoms with van der Waals surface area (Å²) in [5.41, 5.74) is 5.12. The predicted molar refractivity (Wildman–Crippen MR) is 277 cm³/mol. The summed E-state index contributed by atoms with van der Waals surface area (Å²) in [7, 11) is 1.66. The van der Waals surface area contributed by atoms with E-state index in [0.717, 1.165) is 63.6 Å². The van der Waals surface area contributed by atoms with Crippen LogP contribution in [0.2, 0.25) is 0 Å². The molecular formula is C57H69N3O9S. The molecule has 1 heterocycles. The molecule has 0 saturated heterocycles. The third-order valence-electron chi connectivity index (χ3n) is 13.4. The van der Waals surface area contributed by atoms with Crippen molar-refractivity contribution >= 4 is 50.8 Å². The maximum absolute atomic E-state index is 13.8. The van der Waals surface area contributed by atoms with Gasteiger partial charge in [0.15, 0.2) is 0 Å². The van der Waals surface area contributed by atoms with Crippen molar-refractivity contribution in [3.8, 4) is 28.4 Å². The number of methoxy groups -OCH3 is 1. The smallest absolute Gasteiger partial charge is 0.330 e. The number of carbonyl (C=O) groups is 3. The van der Waals surface area contributed by atoms with Crippen molar-refractivity contribution < 1.29 is 42.8 Å². The molecule has 0 radical (unpaired) electrons. The Morgan fingerprint density at radius 3 is 2.10 bits per heavy atom. The number of hydrazone groups is 1. The number of hydrogen-bond acceptors (Lipinski definition) is 13. The van der Waals surface area contributed by atoms with Crippen LogP contribution in [0.15, 0.2) is 109 Å². The molecule has 5 aromatic rings. The molecule has 0 amide bonds. The SMILES string of the molecule is C=CC(=O)OCCCCCCOc1ccc(OC(=O)C2CCC(C(=O)Oc3ccc(-c4ccc(C5CCC(CCC)CC5)cc4)c(/C=N/N(CCOCCOC)c4nc5ccccc5s4)c3)CC2)cc1. The molecule has 2 saturated carbocycles. The van der Waals surface area contributed by atoms with Crippen molar-refractivity contribution in [3.63, 3.8) is 0 Å². The van der Waals surface area contributed by atoms with Gasteiger partial charge < -0.3 is 28.4 Å². The van der Waals surface area contributed by atoms with E-state index in [9.17, 15) is 14.4 Å². The topological polar surface area (TPSA) is 135 Å². The number of nitrogens with zero attached hydrogens (tertiary/aromatic N) is 3. The van der Waals surface area contributed by atoms with Crippen LogP contribution in [0.3, 0.4) is 0 Å². The largest absolute Gasteiger partial charge is 0.494 e. The fraction of sp³-hybridized carbons (Fsp3) is 0.456. The van der Waals surface area contributed by atoms with Crippen LogP contribution in [-0.4, -0.2) is 75.8 Å². The van der Waals surface area contributed by atoms with Crippen molar-refractivity contribution in [2.24, 2.45) is 22.9 Å². The van der Waals surface area contributed by atoms with E-state index in [1.54, 1.807) is 42.7 Å². The van der Waals surface area contributed by atoms with Gasteiger partial charge in [-0.3, -0.25) is 9.59 Å². The standard InChI is InChI=1S/C57H69N3O9S/c1-4-12-41-15-17-42(18-16-41)43-19-21-44(22-20-43)51-32-31-50(39-47(51)40-58-60(33-36-65-38-37-64-3)57-59-52-13-8-9-14-53(52)70-57)69-56(63)46-25-23-45(24-26-46)55(62)68-49-29-27-48(28-30-49)66-34-10-6-7-11-35-67-54(61)5-2/h5,8-9,13-14,19-22,27-32,39-42,45-46H,2,4,6-7,10-12,15-18,23-26,33-38H2,1,3H3/b58-40+. The predicted octanol–water partition coefficient (Wildman–Crippen LogP) is 12.5. The summed E-state index contributed by atoms with van der Waals surface area (Å²) >= 11 is 1.57. The fourth-order valence-electron chi connectivity index (χ4n) is 9.35. The second-order valence-electron chi connectivity index (χ2n) is 18.3. The van der Waals surface area contributed by atoms with Gasteiger partial charge in [0.05, 0.1) is 67.8 Å². The first kappa shape index (κ1) is 51.9. The quantitative estimate of drug-likeness (QED) is 0.0131. The first-order valence-electron chi connectivity index (χ1n) is 25.2. The van der Waals surface area contributed by atoms with Gasteiger partial charge in [0.25, 0.3) is 0 Å². The minimum Gasteiger partial charge on any atom is -0.494 e. The lowest BCUT2D eigenvalue weighted by atomic mass is 9.77. The molecule has 0 N–H and O–H groups in total. The molecule has 2 aliphatic rings. The van der Waals surface area contributed by atoms with Crippen LogP contribution < -0.4 is 19.2 Å². The first-order chi connectivity index (χ1) is 34.3. The Labute approximate surface area is 417 Å². The monoisotopic (exact) mass is 971 g/mol. The van der Waals surface area contributed by atoms with E-state index in [0.29, 0.717) is 88.4 Å². The lowest BCUT2D eigenvalue weighted by Gasteiger charge is -2.28. The third-order valence-corrected chi connectivity index (χ3v) is 14.4. The Morgan fingerprint density at radius 2 is 1.41 bits per heavy atom. The number of thiazole rings is 1. The van der Waals surface area contributed by atoms with Crippen molar-refractivity contribution in [2.45, 2.75) is 103 Å². The minimum atomic E-state index is -0.397. The molecule has 4 aromatic carbocycles. The van der Waals surface area contributed by atoms with Crippen molar-refractivity contribution in [1.82, 2.24) is 4.98 Å². The Morgan fingerprint density at radius 1 is 0.743 bits per heavy atom. The zero-order valence-corrected chi connectivity index (χ0v) is 41.7. The second kappa shape index (κ2) is 27.5. The summed E-state index contributed by atoms with van der Waals surface area (Å²) in [6, 6.07) is 29.8. The van der Waals surface area contributed by atoms with Crippen molar-refractivity contribution in [2.75, 3.05) is 51.7 Å². The molecule has 0 unspecified atom stereocenters. The molecule has 0 spiro atoms. The number of hydrogen-bond donors (Lipinski definition) is 0. The molecule has 372 valence electrons. The Kier molecular flexibility index (Phi) is 20.4. The van der Waals surface area contributed by atoms with Gasteiger partial charge in [-0.1, -0.05) is 80.1 Å². The lowest BCUT2D eigenvalue weighted by Crippen LogP contribution is -2.30. The van der Waals surface area contributed by atoms with Gasteiger partial charge >= 0.3 is 17.9 Å². The number of rotatable bonds is 26. The second-order valence-corrected chi connectivity index (χ2v) is 19.3. The molecule has 13 heteroatoms. The van der Waals surface area contributed by atoms with Gasteiger partial charge in [0.2, 0.25) is 5.13 Å². The van der Waals surface area contributed by atoms with Crippen LogP contribution in [0.1, 0.15) is 114 Å². The summed E-state index contributed by atoms with van der Waals surface area (Å²) in [5.74, 6) is 1.36. The highest BCUT2D eigenvalue weighted by Crippen LogP contribution is 2.39. The molecule has 0 aliphatic heterocycles. The third kappa shape index (κ3) is 15.6. The van der Waals surface area contributed by atoms with Crippen LogP contribution in [0, 0.1) is 17.8 Å². The molecule has 2 fully saturated rings. The van der Waals surface area contributed by atoms with Gasteiger partial charge in [-0.05, 0) is 154 Å². The molecule has 70 heavy (non-hydrogen) atoms. The zero-order chi connectivity index (χ0) is 48.9. The van der Waals surface area contributed by atoms with E-state index in [1.807, 2.05) is 47.6 Å². The number of carbonyl (C=O) groups excluding carboxylic acids is 3. The Balaban J connectivity index is 0.971. The molecule has 1 aromatic heterocycles. The average Bonchev–Trinajstić information content (AvgIpc) is 3.83. The number of anilines is 1. The van der Waals surface area contributed by atoms with E-state index < -0.39 is 5.97 Å². The van der Waals surface area contributed by atoms with Crippen LogP contribution in [-0.2, 0) is 28.6 Å². The summed E-state index contributed by atoms with van der Waals surface area (Å²) in [6.07, 6.45) is 16.3. The Hall–Kier alpha value is -5.89. The molecular weight excluding hydrogens is 903 g/mol. The van der Waals surface area contributed by atoms with E-state index in [4.69, 9.17) is 38.5 Å². The van der Waals surface area contributed by atoms with Gasteiger partial charge in [-0.15, -0.1) is 0 Å². The molecule has 2 aliphatic carbocycles. The first-order valence-corrected chi connectivity index (χ1v) is 26.0. The van der Waals surface area contributed by atoms with Crippen molar-refractivity contribution in [1.29, 1.82) is 0 Å². The maximum Gasteiger partial charge on any atom is 0.330 e. The summed E-state index contributed by atoms with van der Waals surface area (Å²) in [6.45, 7) is 8.51. The number of esters is 3. The molecule has 7 rings (SSSR count). The van der Waals surface area contributed by atoms with Crippen molar-refractivity contribution in [3.05, 3.63) is 115 Å². The minimum absolute atomic E-state index is 0.299. The van der Waals surface area contributed by atoms with Crippen LogP contribution in [0.5, 0.6) is 17.2 Å². The number of fused-ring (bicyclic) bond motifs is 1. The normalized spacial score (nSPS) is 18.1. The number of benzene rings is 4. The molecule has 0 bridgehead atoms. The highest BCUT2D eigenvalue weighted by atomic mass is 32.1. The summed E-state index contributed by atoms with van der Waals surface area (Å²) < 4.78 is 34.8. The van der Waals surface area contributed by atoms with Gasteiger partial charge in [-0.2, -0.15) is 5.10 Å². The molecule has 12 nitrogen and oxygen atoms in total. The van der Waals surface area contributed by atoms with Crippen LogP contribution >= 0.6 is 11.3 Å². The highest BCUT2D eigenvalue weighted by molar-refractivity contribution is 7.22. The highest BCUT2D eigenvalue weighted by Gasteiger charge is 2.32. The zero-order valence-electron chi connectivity index (χ0n) is 40.9. The summed E-state index contributed by atoms with van der Waals surface area (Å²) in [4.78, 5) is 43.0. The molecule has 0 atom stereocenters. The summed E-state index contributed by atoms with van der Waals surface area (Å²) in [5, 5.41) is 7.64. The van der Waals surface area contributed by atoms with Crippen LogP contribution in [0.4, 0.5) is 5.13 Å². The number of ether oxygens (including phenoxy) is 6. The number of unbranched alkanes of at least 4 members (excludes halogenated alkanes) is 3. The van der Waals surface area contributed by atoms with Gasteiger partial charge in [0.1, 0.15) is 17.2 Å². The number of aromatic nitrogens is 1. The van der Waals surface area contributed by atoms with Crippen LogP contribution in [0.25, 0.3) is 21.3 Å². The number of para-hydroxylation sites is 1.